The van der Waals surface area contributed by atoms with Gasteiger partial charge in [-0.3, -0.25) is 48.3 Å². The van der Waals surface area contributed by atoms with Crippen LogP contribution >= 0.6 is 0 Å². The first kappa shape index (κ1) is 75.2. The molecular weight excluding hydrogens is 1240 g/mol. The van der Waals surface area contributed by atoms with E-state index >= 15 is 14.4 Å². The lowest BCUT2D eigenvalue weighted by molar-refractivity contribution is -0.142. The number of aromatic amines is 1. The Kier molecular flexibility index (Phi) is 29.4. The highest BCUT2D eigenvalue weighted by Gasteiger charge is 2.37. The maximum atomic E-state index is 15.2. The Balaban J connectivity index is 1.29. The number of hydrogen-bond acceptors (Lipinski definition) is 13. The molecule has 0 fully saturated rings. The Bertz CT molecular complexity index is 3640. The number of phenols is 1. The van der Waals surface area contributed by atoms with Gasteiger partial charge < -0.3 is 86.4 Å². The Hall–Kier alpha value is -10.8. The predicted octanol–water partition coefficient (Wildman–Crippen LogP) is 1.49. The number of amides is 8. The third-order valence-electron chi connectivity index (χ3n) is 16.4. The highest BCUT2D eigenvalue weighted by Crippen LogP contribution is 2.21. The van der Waals surface area contributed by atoms with Crippen LogP contribution in [0, 0.1) is 11.8 Å². The molecule has 0 aliphatic carbocycles. The maximum absolute atomic E-state index is 15.2. The van der Waals surface area contributed by atoms with Crippen molar-refractivity contribution in [3.05, 3.63) is 174 Å². The fraction of sp³-hybridized carbons (Fsp3) is 0.386. The molecule has 97 heavy (non-hydrogen) atoms. The van der Waals surface area contributed by atoms with Crippen LogP contribution in [0.1, 0.15) is 87.6 Å². The van der Waals surface area contributed by atoms with Crippen LogP contribution in [0.15, 0.2) is 156 Å². The molecule has 21 N–H and O–H groups in total. The van der Waals surface area contributed by atoms with Crippen LogP contribution in [0.3, 0.4) is 0 Å². The second-order valence-corrected chi connectivity index (χ2v) is 24.3. The minimum atomic E-state index is -1.49. The van der Waals surface area contributed by atoms with Crippen molar-refractivity contribution < 1.29 is 53.4 Å². The number of nitrogens with two attached hydrogens (primary N) is 5. The molecule has 6 aromatic rings. The van der Waals surface area contributed by atoms with Crippen LogP contribution in [-0.2, 0) is 75.3 Å². The number of H-pyrrole nitrogens is 1. The zero-order valence-corrected chi connectivity index (χ0v) is 55.0. The largest absolute Gasteiger partial charge is 0.508 e. The van der Waals surface area contributed by atoms with Crippen molar-refractivity contribution in [3.63, 3.8) is 0 Å². The van der Waals surface area contributed by atoms with Crippen LogP contribution in [0.2, 0.25) is 0 Å². The van der Waals surface area contributed by atoms with E-state index < -0.39 is 119 Å². The van der Waals surface area contributed by atoms with Gasteiger partial charge in [0.05, 0.1) is 6.04 Å². The van der Waals surface area contributed by atoms with Crippen molar-refractivity contribution in [2.75, 3.05) is 13.1 Å². The summed E-state index contributed by atoms with van der Waals surface area (Å²) in [6.45, 7) is 7.03. The maximum Gasteiger partial charge on any atom is 0.326 e. The first-order valence-electron chi connectivity index (χ1n) is 32.4. The molecule has 0 aliphatic rings. The minimum absolute atomic E-state index is 0.00549. The monoisotopic (exact) mass is 1330 g/mol. The van der Waals surface area contributed by atoms with Crippen molar-refractivity contribution in [2.45, 2.75) is 146 Å². The van der Waals surface area contributed by atoms with E-state index in [1.54, 1.807) is 101 Å². The number of rotatable bonds is 38. The second-order valence-electron chi connectivity index (χ2n) is 24.3. The van der Waals surface area contributed by atoms with Gasteiger partial charge in [-0.2, -0.15) is 0 Å². The van der Waals surface area contributed by atoms with E-state index in [0.29, 0.717) is 39.6 Å². The van der Waals surface area contributed by atoms with Crippen LogP contribution in [0.4, 0.5) is 0 Å². The van der Waals surface area contributed by atoms with Crippen molar-refractivity contribution in [1.29, 1.82) is 0 Å². The Morgan fingerprint density at radius 2 is 0.825 bits per heavy atom. The molecule has 8 amide bonds. The van der Waals surface area contributed by atoms with E-state index in [-0.39, 0.29) is 88.5 Å². The summed E-state index contributed by atoms with van der Waals surface area (Å²) in [7, 11) is 0. The average molecular weight is 1330 g/mol. The smallest absolute Gasteiger partial charge is 0.326 e. The van der Waals surface area contributed by atoms with Crippen LogP contribution < -0.4 is 71.2 Å². The fourth-order valence-corrected chi connectivity index (χ4v) is 10.8. The van der Waals surface area contributed by atoms with E-state index in [9.17, 15) is 39.0 Å². The number of carbonyl (C=O) groups excluding carboxylic acids is 8. The van der Waals surface area contributed by atoms with Crippen LogP contribution in [0.5, 0.6) is 5.75 Å². The zero-order chi connectivity index (χ0) is 70.6. The number of hydrogen-bond donors (Lipinski definition) is 16. The molecule has 0 aliphatic heterocycles. The number of carboxylic acid groups (broad SMARTS) is 1. The number of aliphatic carboxylic acids is 1. The van der Waals surface area contributed by atoms with Crippen LogP contribution in [-0.4, -0.2) is 148 Å². The SMILES string of the molecule is CC[C@H](C)[C@H](NC(=O)[C@H](Cc1ccccc1)NC(=O)[C@H](Cc1ccccc1)NC(=O)[C@@H](NC(=O)[C@@H](N)Cc1ccccc1)C(C)C)C(=O)N[C@@H](Cc1c[nH]c2ccccc12)C(=O)N[C@@H](CCCN=C(N)N)C(=O)N[C@@H](CCCN=C(N)N)C(=O)N[C@@H](Cc1ccc(O)cc1)C(=O)O. The zero-order valence-electron chi connectivity index (χ0n) is 55.0. The molecule has 10 atom stereocenters. The van der Waals surface area contributed by atoms with E-state index in [2.05, 4.69) is 57.5 Å². The van der Waals surface area contributed by atoms with Gasteiger partial charge in [-0.1, -0.05) is 155 Å². The Morgan fingerprint density at radius 3 is 1.30 bits per heavy atom. The number of nitrogens with zero attached hydrogens (tertiary/aromatic N) is 2. The van der Waals surface area contributed by atoms with Gasteiger partial charge in [0, 0.05) is 55.9 Å². The number of aromatic hydroxyl groups is 1. The topological polar surface area (TPSA) is 461 Å². The molecule has 0 unspecified atom stereocenters. The number of carbonyl (C=O) groups is 9. The number of aromatic nitrogens is 1. The molecule has 27 heteroatoms. The lowest BCUT2D eigenvalue weighted by Gasteiger charge is -2.30. The normalized spacial score (nSPS) is 14.2. The molecule has 0 radical (unpaired) electrons. The average Bonchev–Trinajstić information content (AvgIpc) is 1.83. The highest BCUT2D eigenvalue weighted by atomic mass is 16.4. The quantitative estimate of drug-likeness (QED) is 0.0148. The van der Waals surface area contributed by atoms with Crippen molar-refractivity contribution in [1.82, 2.24) is 47.5 Å². The number of para-hydroxylation sites is 1. The predicted molar refractivity (Wildman–Crippen MR) is 369 cm³/mol. The number of nitrogens with one attached hydrogen (secondary N) is 9. The van der Waals surface area contributed by atoms with Gasteiger partial charge in [-0.05, 0) is 90.0 Å². The molecule has 0 saturated heterocycles. The molecule has 0 saturated carbocycles. The number of benzene rings is 5. The molecule has 1 aromatic heterocycles. The van der Waals surface area contributed by atoms with E-state index in [1.807, 2.05) is 48.5 Å². The van der Waals surface area contributed by atoms with Crippen LogP contribution in [0.25, 0.3) is 10.9 Å². The molecule has 27 nitrogen and oxygen atoms in total. The lowest BCUT2D eigenvalue weighted by atomic mass is 9.95. The first-order valence-corrected chi connectivity index (χ1v) is 32.4. The molecule has 0 bridgehead atoms. The third kappa shape index (κ3) is 24.5. The number of aliphatic imine (C=N–C) groups is 2. The van der Waals surface area contributed by atoms with Gasteiger partial charge >= 0.3 is 5.97 Å². The summed E-state index contributed by atoms with van der Waals surface area (Å²) in [5.74, 6) is -9.23. The summed E-state index contributed by atoms with van der Waals surface area (Å²) < 4.78 is 0. The van der Waals surface area contributed by atoms with Gasteiger partial charge in [0.1, 0.15) is 54.1 Å². The van der Waals surface area contributed by atoms with Gasteiger partial charge in [-0.15, -0.1) is 0 Å². The summed E-state index contributed by atoms with van der Waals surface area (Å²) in [5, 5.41) is 43.0. The molecule has 0 spiro atoms. The first-order chi connectivity index (χ1) is 46.4. The van der Waals surface area contributed by atoms with Crippen molar-refractivity contribution in [3.8, 4) is 5.75 Å². The van der Waals surface area contributed by atoms with Crippen molar-refractivity contribution >= 4 is 76.0 Å². The molecular formula is C70H92N16O11. The molecule has 6 rings (SSSR count). The number of carboxylic acids is 1. The Labute approximate surface area is 563 Å². The Morgan fingerprint density at radius 1 is 0.443 bits per heavy atom. The van der Waals surface area contributed by atoms with Crippen molar-refractivity contribution in [2.24, 2.45) is 50.5 Å². The summed E-state index contributed by atoms with van der Waals surface area (Å²) in [4.78, 5) is 141. The van der Waals surface area contributed by atoms with E-state index in [1.165, 1.54) is 24.3 Å². The van der Waals surface area contributed by atoms with Gasteiger partial charge in [0.2, 0.25) is 47.3 Å². The molecule has 518 valence electrons. The summed E-state index contributed by atoms with van der Waals surface area (Å²) in [6, 6.07) is 27.8. The molecule has 5 aromatic carbocycles. The number of guanidine groups is 2. The van der Waals surface area contributed by atoms with Gasteiger partial charge in [-0.25, -0.2) is 4.79 Å². The molecule has 1 heterocycles. The number of phenolic OH excluding ortho intramolecular Hbond substituents is 1. The van der Waals surface area contributed by atoms with Gasteiger partial charge in [0.15, 0.2) is 11.9 Å². The fourth-order valence-electron chi connectivity index (χ4n) is 10.8. The van der Waals surface area contributed by atoms with E-state index in [0.717, 1.165) is 5.56 Å². The highest BCUT2D eigenvalue weighted by molar-refractivity contribution is 5.99. The van der Waals surface area contributed by atoms with E-state index in [4.69, 9.17) is 28.7 Å². The summed E-state index contributed by atoms with van der Waals surface area (Å²) >= 11 is 0. The summed E-state index contributed by atoms with van der Waals surface area (Å²) in [6.07, 6.45) is 1.73. The number of fused-ring (bicyclic) bond motifs is 1. The van der Waals surface area contributed by atoms with Gasteiger partial charge in [0.25, 0.3) is 0 Å². The lowest BCUT2D eigenvalue weighted by Crippen LogP contribution is -2.62. The second kappa shape index (κ2) is 37.9. The minimum Gasteiger partial charge on any atom is -0.508 e. The standard InChI is InChI=1S/C70H92N16O11/c1-5-42(4)59(86-65(93)55(37-45-23-13-8-14-24-45)81-63(91)54(36-44-21-11-7-12-22-44)82-66(94)58(41(2)3)85-60(88)50(71)35-43-19-9-6-10-20-43)67(95)83-56(39-47-40-78-51-26-16-15-25-49(47)51)64(92)80-52(27-17-33-76-69(72)73)61(89)79-53(28-18-34-77-70(74)75)62(90)84-57(68(96)97)38-46-29-31-48(87)32-30-46/h6-16,19-26,29-32,40-42,50,52-59,78,87H,5,17-18,27-28,33-39,71H2,1-4H3,(H,79,89)(H,80,92)(H,81,91)(H,82,94)(H,83,95)(H,84,90)(H,85,88)(H,86,93)(H,96,97)(H4,72,73,76)(H4,74,75,77)/t42-,50-,52-,53-,54-,55-,56-,57-,58-,59-/m0/s1. The summed E-state index contributed by atoms with van der Waals surface area (Å²) in [5.41, 5.74) is 32.6. The third-order valence-corrected chi connectivity index (χ3v) is 16.4.